The van der Waals surface area contributed by atoms with E-state index < -0.39 is 28.5 Å². The van der Waals surface area contributed by atoms with Crippen LogP contribution >= 0.6 is 0 Å². The first-order valence-electron chi connectivity index (χ1n) is 13.3. The number of benzene rings is 3. The van der Waals surface area contributed by atoms with Gasteiger partial charge in [-0.15, -0.1) is 0 Å². The third-order valence-corrected chi connectivity index (χ3v) is 7.71. The Balaban J connectivity index is 2.00. The van der Waals surface area contributed by atoms with E-state index in [-0.39, 0.29) is 19.0 Å². The molecule has 214 valence electrons. The Kier molecular flexibility index (Phi) is 11.3. The summed E-state index contributed by atoms with van der Waals surface area (Å²) in [5.41, 5.74) is 2.17. The molecule has 0 radical (unpaired) electrons. The summed E-state index contributed by atoms with van der Waals surface area (Å²) in [7, 11) is -2.17. The summed E-state index contributed by atoms with van der Waals surface area (Å²) < 4.78 is 31.9. The highest BCUT2D eigenvalue weighted by molar-refractivity contribution is 7.88. The van der Waals surface area contributed by atoms with Gasteiger partial charge in [0.2, 0.25) is 21.8 Å². The van der Waals surface area contributed by atoms with Crippen molar-refractivity contribution in [3.63, 3.8) is 0 Å². The lowest BCUT2D eigenvalue weighted by Crippen LogP contribution is -2.48. The number of methoxy groups -OCH3 is 1. The fraction of sp³-hybridized carbons (Fsp3) is 0.355. The minimum Gasteiger partial charge on any atom is -0.497 e. The summed E-state index contributed by atoms with van der Waals surface area (Å²) in [5.74, 6) is 0.264. The molecule has 0 aliphatic carbocycles. The topological polar surface area (TPSA) is 96.0 Å². The van der Waals surface area contributed by atoms with Crippen LogP contribution in [0.1, 0.15) is 43.0 Å². The second-order valence-corrected chi connectivity index (χ2v) is 12.2. The zero-order valence-electron chi connectivity index (χ0n) is 23.6. The molecule has 0 heterocycles. The Morgan fingerprint density at radius 3 is 1.98 bits per heavy atom. The second kappa shape index (κ2) is 14.6. The van der Waals surface area contributed by atoms with Crippen LogP contribution in [0.5, 0.6) is 5.75 Å². The van der Waals surface area contributed by atoms with Gasteiger partial charge in [-0.25, -0.2) is 8.42 Å². The van der Waals surface area contributed by atoms with E-state index in [4.69, 9.17) is 4.74 Å². The van der Waals surface area contributed by atoms with E-state index in [0.29, 0.717) is 23.8 Å². The van der Waals surface area contributed by atoms with E-state index >= 15 is 0 Å². The highest BCUT2D eigenvalue weighted by Gasteiger charge is 2.33. The minimum absolute atomic E-state index is 0.0401. The molecular weight excluding hydrogens is 526 g/mol. The molecule has 0 fully saturated rings. The van der Waals surface area contributed by atoms with Crippen LogP contribution in [-0.2, 0) is 32.7 Å². The molecule has 3 aromatic rings. The zero-order valence-corrected chi connectivity index (χ0v) is 24.4. The summed E-state index contributed by atoms with van der Waals surface area (Å²) in [6, 6.07) is 24.5. The van der Waals surface area contributed by atoms with E-state index in [2.05, 4.69) is 19.2 Å². The van der Waals surface area contributed by atoms with Crippen LogP contribution in [0.2, 0.25) is 0 Å². The maximum atomic E-state index is 14.0. The number of nitrogens with one attached hydrogen (secondary N) is 1. The van der Waals surface area contributed by atoms with Crippen molar-refractivity contribution < 1.29 is 22.7 Å². The Morgan fingerprint density at radius 1 is 0.850 bits per heavy atom. The summed E-state index contributed by atoms with van der Waals surface area (Å²) in [4.78, 5) is 29.2. The number of hydrogen-bond donors (Lipinski definition) is 1. The fourth-order valence-electron chi connectivity index (χ4n) is 4.26. The molecular formula is C31H39N3O5S. The number of amides is 2. The lowest BCUT2D eigenvalue weighted by molar-refractivity contribution is -0.141. The quantitative estimate of drug-likeness (QED) is 0.313. The normalized spacial score (nSPS) is 12.2. The molecule has 3 aromatic carbocycles. The molecule has 8 nitrogen and oxygen atoms in total. The average molecular weight is 566 g/mol. The highest BCUT2D eigenvalue weighted by atomic mass is 32.2. The van der Waals surface area contributed by atoms with Crippen molar-refractivity contribution in [1.29, 1.82) is 0 Å². The van der Waals surface area contributed by atoms with Crippen LogP contribution in [-0.4, -0.2) is 55.9 Å². The van der Waals surface area contributed by atoms with Gasteiger partial charge in [-0.2, -0.15) is 4.31 Å². The number of rotatable bonds is 14. The van der Waals surface area contributed by atoms with Crippen molar-refractivity contribution in [2.24, 2.45) is 5.92 Å². The third-order valence-electron chi connectivity index (χ3n) is 6.51. The molecule has 0 bridgehead atoms. The highest BCUT2D eigenvalue weighted by Crippen LogP contribution is 2.25. The lowest BCUT2D eigenvalue weighted by Gasteiger charge is -2.33. The molecule has 0 saturated carbocycles. The first-order chi connectivity index (χ1) is 19.1. The van der Waals surface area contributed by atoms with E-state index in [1.807, 2.05) is 60.7 Å². The van der Waals surface area contributed by atoms with Gasteiger partial charge in [-0.3, -0.25) is 9.59 Å². The predicted octanol–water partition coefficient (Wildman–Crippen LogP) is 4.39. The van der Waals surface area contributed by atoms with E-state index in [1.165, 1.54) is 4.90 Å². The Labute approximate surface area is 238 Å². The molecule has 0 saturated heterocycles. The molecule has 2 amide bonds. The van der Waals surface area contributed by atoms with Gasteiger partial charge in [0.15, 0.2) is 0 Å². The van der Waals surface area contributed by atoms with Crippen LogP contribution in [0.25, 0.3) is 0 Å². The standard InChI is InChI=1S/C31H39N3O5S/c1-24(2)19-20-32-31(36)30(27-13-9-6-10-14-27)34(22-26-15-17-28(39-3)18-16-26)29(35)23-33(40(4,37)38)21-25-11-7-5-8-12-25/h5-18,24,30H,19-23H2,1-4H3,(H,32,36)/t30-/m0/s1. The predicted molar refractivity (Wildman–Crippen MR) is 157 cm³/mol. The number of hydrogen-bond acceptors (Lipinski definition) is 5. The van der Waals surface area contributed by atoms with E-state index in [1.54, 1.807) is 31.4 Å². The van der Waals surface area contributed by atoms with Gasteiger partial charge in [-0.05, 0) is 41.2 Å². The second-order valence-electron chi connectivity index (χ2n) is 10.2. The first kappa shape index (κ1) is 30.8. The molecule has 9 heteroatoms. The zero-order chi connectivity index (χ0) is 29.1. The number of carbonyl (C=O) groups is 2. The number of nitrogens with zero attached hydrogens (tertiary/aromatic N) is 2. The fourth-order valence-corrected chi connectivity index (χ4v) is 4.99. The summed E-state index contributed by atoms with van der Waals surface area (Å²) in [6.07, 6.45) is 1.88. The van der Waals surface area contributed by atoms with Crippen molar-refractivity contribution in [3.8, 4) is 5.75 Å². The smallest absolute Gasteiger partial charge is 0.247 e. The van der Waals surface area contributed by atoms with Gasteiger partial charge in [0.05, 0.1) is 19.9 Å². The van der Waals surface area contributed by atoms with Crippen LogP contribution in [0.15, 0.2) is 84.9 Å². The Morgan fingerprint density at radius 2 is 1.43 bits per heavy atom. The molecule has 0 aliphatic heterocycles. The number of carbonyl (C=O) groups excluding carboxylic acids is 2. The van der Waals surface area contributed by atoms with Crippen LogP contribution < -0.4 is 10.1 Å². The third kappa shape index (κ3) is 9.20. The monoisotopic (exact) mass is 565 g/mol. The number of sulfonamides is 1. The van der Waals surface area contributed by atoms with Gasteiger partial charge >= 0.3 is 0 Å². The van der Waals surface area contributed by atoms with Gasteiger partial charge in [-0.1, -0.05) is 86.6 Å². The van der Waals surface area contributed by atoms with Gasteiger partial charge in [0, 0.05) is 19.6 Å². The molecule has 1 N–H and O–H groups in total. The lowest BCUT2D eigenvalue weighted by atomic mass is 10.0. The van der Waals surface area contributed by atoms with Crippen LogP contribution in [0.4, 0.5) is 0 Å². The summed E-state index contributed by atoms with van der Waals surface area (Å²) >= 11 is 0. The molecule has 3 rings (SSSR count). The van der Waals surface area contributed by atoms with E-state index in [9.17, 15) is 18.0 Å². The minimum atomic E-state index is -3.74. The van der Waals surface area contributed by atoms with Gasteiger partial charge in [0.1, 0.15) is 11.8 Å². The SMILES string of the molecule is COc1ccc(CN(C(=O)CN(Cc2ccccc2)S(C)(=O)=O)[C@H](C(=O)NCCC(C)C)c2ccccc2)cc1. The number of ether oxygens (including phenoxy) is 1. The van der Waals surface area contributed by atoms with Crippen LogP contribution in [0.3, 0.4) is 0 Å². The van der Waals surface area contributed by atoms with Crippen molar-refractivity contribution in [2.45, 2.75) is 39.4 Å². The van der Waals surface area contributed by atoms with Crippen molar-refractivity contribution in [1.82, 2.24) is 14.5 Å². The van der Waals surface area contributed by atoms with Crippen molar-refractivity contribution in [2.75, 3.05) is 26.5 Å². The average Bonchev–Trinajstić information content (AvgIpc) is 2.93. The molecule has 0 spiro atoms. The summed E-state index contributed by atoms with van der Waals surface area (Å²) in [5, 5.41) is 2.99. The Bertz CT molecular complexity index is 1330. The van der Waals surface area contributed by atoms with Gasteiger partial charge < -0.3 is 15.0 Å². The maximum Gasteiger partial charge on any atom is 0.247 e. The van der Waals surface area contributed by atoms with Crippen molar-refractivity contribution in [3.05, 3.63) is 102 Å². The Hall–Kier alpha value is -3.69. The molecule has 0 aliphatic rings. The first-order valence-corrected chi connectivity index (χ1v) is 15.2. The largest absolute Gasteiger partial charge is 0.497 e. The maximum absolute atomic E-state index is 14.0. The molecule has 0 aromatic heterocycles. The van der Waals surface area contributed by atoms with Gasteiger partial charge in [0.25, 0.3) is 0 Å². The van der Waals surface area contributed by atoms with E-state index in [0.717, 1.165) is 28.1 Å². The molecule has 40 heavy (non-hydrogen) atoms. The molecule has 1 atom stereocenters. The summed E-state index contributed by atoms with van der Waals surface area (Å²) in [6.45, 7) is 4.35. The molecule has 0 unspecified atom stereocenters. The van der Waals surface area contributed by atoms with Crippen LogP contribution in [0, 0.1) is 5.92 Å². The van der Waals surface area contributed by atoms with Crippen molar-refractivity contribution >= 4 is 21.8 Å².